The molecule has 134 valence electrons. The Labute approximate surface area is 158 Å². The number of hydrogen-bond acceptors (Lipinski definition) is 2. The van der Waals surface area contributed by atoms with E-state index in [0.717, 1.165) is 28.1 Å². The number of methoxy groups -OCH3 is 1. The van der Waals surface area contributed by atoms with Gasteiger partial charge in [0, 0.05) is 34.1 Å². The molecule has 5 heteroatoms. The molecule has 0 spiro atoms. The zero-order chi connectivity index (χ0) is 18.8. The number of para-hydroxylation sites is 1. The van der Waals surface area contributed by atoms with Gasteiger partial charge in [0.25, 0.3) is 5.91 Å². The molecular formula is C21H21ClN2O2. The molecule has 2 aromatic carbocycles. The Kier molecular flexibility index (Phi) is 5.05. The number of nitrogens with zero attached hydrogens (tertiary/aromatic N) is 1. The van der Waals surface area contributed by atoms with E-state index in [1.165, 1.54) is 0 Å². The molecule has 2 N–H and O–H groups in total. The van der Waals surface area contributed by atoms with E-state index < -0.39 is 5.91 Å². The first-order chi connectivity index (χ1) is 12.4. The van der Waals surface area contributed by atoms with Gasteiger partial charge in [-0.25, -0.2) is 0 Å². The summed E-state index contributed by atoms with van der Waals surface area (Å²) in [6.07, 6.45) is 0. The average molecular weight is 369 g/mol. The van der Waals surface area contributed by atoms with Crippen molar-refractivity contribution in [1.29, 1.82) is 0 Å². The van der Waals surface area contributed by atoms with Crippen LogP contribution in [0.1, 0.15) is 27.3 Å². The van der Waals surface area contributed by atoms with E-state index in [9.17, 15) is 4.79 Å². The summed E-state index contributed by atoms with van der Waals surface area (Å²) in [5.74, 6) is 0.259. The molecule has 1 heterocycles. The molecule has 0 fully saturated rings. The quantitative estimate of drug-likeness (QED) is 0.716. The molecule has 0 radical (unpaired) electrons. The summed E-state index contributed by atoms with van der Waals surface area (Å²) in [5.41, 5.74) is 10.8. The van der Waals surface area contributed by atoms with Gasteiger partial charge in [0.15, 0.2) is 0 Å². The Morgan fingerprint density at radius 3 is 2.50 bits per heavy atom. The number of aromatic nitrogens is 1. The largest absolute Gasteiger partial charge is 0.496 e. The van der Waals surface area contributed by atoms with Crippen molar-refractivity contribution in [3.8, 4) is 16.9 Å². The Morgan fingerprint density at radius 2 is 1.85 bits per heavy atom. The molecule has 4 nitrogen and oxygen atoms in total. The van der Waals surface area contributed by atoms with Crippen molar-refractivity contribution in [2.75, 3.05) is 7.11 Å². The smallest absolute Gasteiger partial charge is 0.251 e. The minimum Gasteiger partial charge on any atom is -0.496 e. The van der Waals surface area contributed by atoms with Crippen LogP contribution < -0.4 is 10.5 Å². The second-order valence-electron chi connectivity index (χ2n) is 6.20. The summed E-state index contributed by atoms with van der Waals surface area (Å²) >= 11 is 6.11. The Hall–Kier alpha value is -2.72. The van der Waals surface area contributed by atoms with Crippen LogP contribution in [0, 0.1) is 13.8 Å². The number of benzene rings is 2. The normalized spacial score (nSPS) is 10.8. The SMILES string of the molecule is COc1ccccc1-c1c(C(N)=O)c(C)n(Cc2cccc(Cl)c2)c1C. The monoisotopic (exact) mass is 368 g/mol. The van der Waals surface area contributed by atoms with E-state index in [0.29, 0.717) is 22.9 Å². The van der Waals surface area contributed by atoms with E-state index in [2.05, 4.69) is 4.57 Å². The van der Waals surface area contributed by atoms with Gasteiger partial charge < -0.3 is 15.0 Å². The van der Waals surface area contributed by atoms with Crippen molar-refractivity contribution in [3.05, 3.63) is 76.1 Å². The number of halogens is 1. The van der Waals surface area contributed by atoms with E-state index >= 15 is 0 Å². The first-order valence-corrected chi connectivity index (χ1v) is 8.69. The Balaban J connectivity index is 2.21. The lowest BCUT2D eigenvalue weighted by Crippen LogP contribution is -2.13. The number of carbonyl (C=O) groups excluding carboxylic acids is 1. The minimum absolute atomic E-state index is 0.448. The maximum atomic E-state index is 12.2. The highest BCUT2D eigenvalue weighted by Crippen LogP contribution is 2.37. The first-order valence-electron chi connectivity index (χ1n) is 8.31. The van der Waals surface area contributed by atoms with Crippen molar-refractivity contribution < 1.29 is 9.53 Å². The van der Waals surface area contributed by atoms with Gasteiger partial charge in [-0.15, -0.1) is 0 Å². The standard InChI is InChI=1S/C21H21ClN2O2/c1-13-19(17-9-4-5-10-18(17)26-3)20(21(23)25)14(2)24(13)12-15-7-6-8-16(22)11-15/h4-11H,12H2,1-3H3,(H2,23,25). The molecule has 0 saturated heterocycles. The van der Waals surface area contributed by atoms with Crippen molar-refractivity contribution in [1.82, 2.24) is 4.57 Å². The number of hydrogen-bond donors (Lipinski definition) is 1. The Morgan fingerprint density at radius 1 is 1.12 bits per heavy atom. The molecule has 0 aliphatic heterocycles. The number of primary amides is 1. The maximum absolute atomic E-state index is 12.2. The third kappa shape index (κ3) is 3.20. The van der Waals surface area contributed by atoms with Crippen LogP contribution in [0.5, 0.6) is 5.75 Å². The van der Waals surface area contributed by atoms with Gasteiger partial charge in [-0.1, -0.05) is 41.9 Å². The van der Waals surface area contributed by atoms with Crippen molar-refractivity contribution in [2.45, 2.75) is 20.4 Å². The molecule has 26 heavy (non-hydrogen) atoms. The van der Waals surface area contributed by atoms with Crippen LogP contribution in [0.25, 0.3) is 11.1 Å². The second-order valence-corrected chi connectivity index (χ2v) is 6.64. The number of ether oxygens (including phenoxy) is 1. The van der Waals surface area contributed by atoms with Gasteiger partial charge in [0.2, 0.25) is 0 Å². The van der Waals surface area contributed by atoms with Gasteiger partial charge >= 0.3 is 0 Å². The van der Waals surface area contributed by atoms with E-state index in [4.69, 9.17) is 22.1 Å². The highest BCUT2D eigenvalue weighted by atomic mass is 35.5. The van der Waals surface area contributed by atoms with Crippen LogP contribution in [0.15, 0.2) is 48.5 Å². The summed E-state index contributed by atoms with van der Waals surface area (Å²) in [6, 6.07) is 15.3. The third-order valence-corrected chi connectivity index (χ3v) is 4.87. The van der Waals surface area contributed by atoms with Crippen LogP contribution in [-0.2, 0) is 6.54 Å². The van der Waals surface area contributed by atoms with Crippen molar-refractivity contribution in [3.63, 3.8) is 0 Å². The van der Waals surface area contributed by atoms with E-state index in [1.807, 2.05) is 62.4 Å². The van der Waals surface area contributed by atoms with Crippen LogP contribution in [-0.4, -0.2) is 17.6 Å². The molecule has 0 aliphatic rings. The van der Waals surface area contributed by atoms with Gasteiger partial charge in [-0.05, 0) is 37.6 Å². The first kappa shape index (κ1) is 18.1. The summed E-state index contributed by atoms with van der Waals surface area (Å²) in [6.45, 7) is 4.51. The van der Waals surface area contributed by atoms with Crippen molar-refractivity contribution in [2.24, 2.45) is 5.73 Å². The van der Waals surface area contributed by atoms with Crippen LogP contribution in [0.4, 0.5) is 0 Å². The van der Waals surface area contributed by atoms with Crippen molar-refractivity contribution >= 4 is 17.5 Å². The van der Waals surface area contributed by atoms with E-state index in [1.54, 1.807) is 7.11 Å². The van der Waals surface area contributed by atoms with E-state index in [-0.39, 0.29) is 0 Å². The molecule has 0 aliphatic carbocycles. The lowest BCUT2D eigenvalue weighted by Gasteiger charge is -2.12. The lowest BCUT2D eigenvalue weighted by atomic mass is 9.99. The minimum atomic E-state index is -0.448. The van der Waals surface area contributed by atoms with Gasteiger partial charge in [0.1, 0.15) is 5.75 Å². The number of nitrogens with two attached hydrogens (primary N) is 1. The topological polar surface area (TPSA) is 57.2 Å². The summed E-state index contributed by atoms with van der Waals surface area (Å²) in [7, 11) is 1.62. The molecule has 1 aromatic heterocycles. The average Bonchev–Trinajstić information content (AvgIpc) is 2.86. The molecule has 0 atom stereocenters. The molecule has 0 unspecified atom stereocenters. The molecule has 0 bridgehead atoms. The summed E-state index contributed by atoms with van der Waals surface area (Å²) < 4.78 is 7.58. The highest BCUT2D eigenvalue weighted by molar-refractivity contribution is 6.30. The maximum Gasteiger partial charge on any atom is 0.251 e. The second kappa shape index (κ2) is 7.26. The predicted molar refractivity (Wildman–Crippen MR) is 105 cm³/mol. The zero-order valence-electron chi connectivity index (χ0n) is 15.0. The molecule has 3 rings (SSSR count). The lowest BCUT2D eigenvalue weighted by molar-refractivity contribution is 0.1000. The molecule has 0 saturated carbocycles. The number of amides is 1. The third-order valence-electron chi connectivity index (χ3n) is 4.64. The number of carbonyl (C=O) groups is 1. The van der Waals surface area contributed by atoms with Gasteiger partial charge in [-0.2, -0.15) is 0 Å². The molecule has 1 amide bonds. The fraction of sp³-hybridized carbons (Fsp3) is 0.190. The number of rotatable bonds is 5. The highest BCUT2D eigenvalue weighted by Gasteiger charge is 2.24. The Bertz CT molecular complexity index is 976. The fourth-order valence-corrected chi connectivity index (χ4v) is 3.63. The predicted octanol–water partition coefficient (Wildman–Crippen LogP) is 4.58. The summed E-state index contributed by atoms with van der Waals surface area (Å²) in [4.78, 5) is 12.2. The molecular weight excluding hydrogens is 348 g/mol. The zero-order valence-corrected chi connectivity index (χ0v) is 15.8. The summed E-state index contributed by atoms with van der Waals surface area (Å²) in [5, 5.41) is 0.685. The van der Waals surface area contributed by atoms with Crippen LogP contribution in [0.2, 0.25) is 5.02 Å². The fourth-order valence-electron chi connectivity index (χ4n) is 3.42. The van der Waals surface area contributed by atoms with Crippen LogP contribution in [0.3, 0.4) is 0 Å². The van der Waals surface area contributed by atoms with Gasteiger partial charge in [0.05, 0.1) is 12.7 Å². The van der Waals surface area contributed by atoms with Crippen LogP contribution >= 0.6 is 11.6 Å². The molecule has 3 aromatic rings. The van der Waals surface area contributed by atoms with Gasteiger partial charge in [-0.3, -0.25) is 4.79 Å².